The highest BCUT2D eigenvalue weighted by Crippen LogP contribution is 2.61. The molecule has 166 valence electrons. The predicted octanol–water partition coefficient (Wildman–Crippen LogP) is 4.25. The molecule has 0 spiro atoms. The topological polar surface area (TPSA) is 63.7 Å². The van der Waals surface area contributed by atoms with Gasteiger partial charge in [0, 0.05) is 11.8 Å². The van der Waals surface area contributed by atoms with Gasteiger partial charge in [-0.1, -0.05) is 69.3 Å². The van der Waals surface area contributed by atoms with Gasteiger partial charge >= 0.3 is 5.97 Å². The van der Waals surface area contributed by atoms with Crippen molar-refractivity contribution in [1.82, 2.24) is 4.90 Å². The third-order valence-corrected chi connectivity index (χ3v) is 7.21. The van der Waals surface area contributed by atoms with Crippen molar-refractivity contribution in [1.29, 1.82) is 0 Å². The second-order valence-electron chi connectivity index (χ2n) is 9.62. The Balaban J connectivity index is 1.60. The Kier molecular flexibility index (Phi) is 5.15. The van der Waals surface area contributed by atoms with E-state index in [2.05, 4.69) is 24.3 Å². The van der Waals surface area contributed by atoms with Gasteiger partial charge in [-0.15, -0.1) is 0 Å². The summed E-state index contributed by atoms with van der Waals surface area (Å²) in [6.07, 6.45) is 1.11. The molecule has 1 aliphatic heterocycles. The Hall–Kier alpha value is -2.95. The first kappa shape index (κ1) is 20.9. The van der Waals surface area contributed by atoms with Crippen LogP contribution in [0.15, 0.2) is 48.5 Å². The zero-order valence-electron chi connectivity index (χ0n) is 18.8. The Bertz CT molecular complexity index is 975. The highest BCUT2D eigenvalue weighted by Gasteiger charge is 2.63. The van der Waals surface area contributed by atoms with E-state index in [1.54, 1.807) is 0 Å². The molecule has 3 unspecified atom stereocenters. The van der Waals surface area contributed by atoms with Crippen LogP contribution in [0.3, 0.4) is 0 Å². The van der Waals surface area contributed by atoms with E-state index in [0.717, 1.165) is 22.3 Å². The van der Waals surface area contributed by atoms with E-state index in [1.807, 2.05) is 45.0 Å². The summed E-state index contributed by atoms with van der Waals surface area (Å²) in [5.74, 6) is -2.03. The van der Waals surface area contributed by atoms with Crippen LogP contribution in [0.1, 0.15) is 67.7 Å². The van der Waals surface area contributed by atoms with Gasteiger partial charge in [0.05, 0.1) is 18.4 Å². The molecule has 2 bridgehead atoms. The van der Waals surface area contributed by atoms with Gasteiger partial charge in [0.25, 0.3) is 0 Å². The van der Waals surface area contributed by atoms with Crippen LogP contribution in [-0.2, 0) is 19.1 Å². The number of ether oxygens (including phenoxy) is 1. The minimum Gasteiger partial charge on any atom is -0.464 e. The first-order chi connectivity index (χ1) is 15.5. The number of likely N-dealkylation sites (tertiary alicyclic amines) is 1. The van der Waals surface area contributed by atoms with E-state index < -0.39 is 23.8 Å². The van der Waals surface area contributed by atoms with E-state index in [0.29, 0.717) is 19.4 Å². The molecular weight excluding hydrogens is 402 g/mol. The molecule has 0 radical (unpaired) electrons. The second kappa shape index (κ2) is 7.88. The first-order valence-corrected chi connectivity index (χ1v) is 11.7. The lowest BCUT2D eigenvalue weighted by molar-refractivity contribution is -0.159. The number of rotatable bonds is 6. The van der Waals surface area contributed by atoms with Gasteiger partial charge in [-0.3, -0.25) is 14.5 Å². The van der Waals surface area contributed by atoms with Crippen LogP contribution in [0.2, 0.25) is 0 Å². The molecule has 0 aromatic heterocycles. The molecule has 1 heterocycles. The molecule has 4 aliphatic rings. The largest absolute Gasteiger partial charge is 0.464 e. The number of imide groups is 1. The normalized spacial score (nSPS) is 26.1. The summed E-state index contributed by atoms with van der Waals surface area (Å²) < 4.78 is 5.42. The molecule has 5 nitrogen and oxygen atoms in total. The van der Waals surface area contributed by atoms with E-state index in [9.17, 15) is 14.4 Å². The number of esters is 1. The molecule has 0 N–H and O–H groups in total. The molecule has 5 heteroatoms. The quantitative estimate of drug-likeness (QED) is 0.507. The zero-order chi connectivity index (χ0) is 22.6. The summed E-state index contributed by atoms with van der Waals surface area (Å²) in [7, 11) is 0. The average molecular weight is 432 g/mol. The number of nitrogens with zero attached hydrogens (tertiary/aromatic N) is 1. The molecule has 2 aromatic rings. The molecule has 3 atom stereocenters. The molecule has 32 heavy (non-hydrogen) atoms. The standard InChI is InChI=1S/C27H29NO4/c1-4-13-32-27(31)20(14-15(2)3)28-25(29)23-21-16-9-5-6-10-17(16)22(24(23)26(28)30)19-12-8-7-11-18(19)21/h5-12,15,20-24H,4,13-14H2,1-3H3. The maximum atomic E-state index is 13.9. The van der Waals surface area contributed by atoms with Gasteiger partial charge in [-0.25, -0.2) is 4.79 Å². The number of carbonyl (C=O) groups excluding carboxylic acids is 3. The maximum absolute atomic E-state index is 13.9. The molecule has 2 amide bonds. The van der Waals surface area contributed by atoms with Gasteiger partial charge in [0.2, 0.25) is 11.8 Å². The molecule has 0 saturated carbocycles. The lowest BCUT2D eigenvalue weighted by atomic mass is 9.55. The minimum absolute atomic E-state index is 0.142. The van der Waals surface area contributed by atoms with E-state index in [-0.39, 0.29) is 29.6 Å². The van der Waals surface area contributed by atoms with Crippen LogP contribution in [0.4, 0.5) is 0 Å². The number of hydrogen-bond acceptors (Lipinski definition) is 4. The van der Waals surface area contributed by atoms with Crippen molar-refractivity contribution in [2.45, 2.75) is 51.5 Å². The third-order valence-electron chi connectivity index (χ3n) is 7.21. The average Bonchev–Trinajstić information content (AvgIpc) is 3.06. The van der Waals surface area contributed by atoms with Crippen molar-refractivity contribution in [2.24, 2.45) is 17.8 Å². The fraction of sp³-hybridized carbons (Fsp3) is 0.444. The van der Waals surface area contributed by atoms with Crippen LogP contribution < -0.4 is 0 Å². The monoisotopic (exact) mass is 431 g/mol. The van der Waals surface area contributed by atoms with Crippen LogP contribution in [0, 0.1) is 17.8 Å². The van der Waals surface area contributed by atoms with Gasteiger partial charge in [0.15, 0.2) is 0 Å². The van der Waals surface area contributed by atoms with E-state index in [1.165, 1.54) is 4.90 Å². The van der Waals surface area contributed by atoms with Gasteiger partial charge in [0.1, 0.15) is 6.04 Å². The van der Waals surface area contributed by atoms with Crippen molar-refractivity contribution >= 4 is 17.8 Å². The highest BCUT2D eigenvalue weighted by atomic mass is 16.5. The lowest BCUT2D eigenvalue weighted by Gasteiger charge is -2.45. The Morgan fingerprint density at radius 3 is 1.69 bits per heavy atom. The van der Waals surface area contributed by atoms with Crippen LogP contribution in [0.25, 0.3) is 0 Å². The molecule has 3 aliphatic carbocycles. The second-order valence-corrected chi connectivity index (χ2v) is 9.62. The third kappa shape index (κ3) is 2.94. The summed E-state index contributed by atoms with van der Waals surface area (Å²) in [5.41, 5.74) is 4.53. The lowest BCUT2D eigenvalue weighted by Crippen LogP contribution is -2.47. The van der Waals surface area contributed by atoms with Crippen molar-refractivity contribution in [3.8, 4) is 0 Å². The van der Waals surface area contributed by atoms with Gasteiger partial charge in [-0.05, 0) is 41.0 Å². The minimum atomic E-state index is -0.863. The van der Waals surface area contributed by atoms with Crippen molar-refractivity contribution in [2.75, 3.05) is 6.61 Å². The zero-order valence-corrected chi connectivity index (χ0v) is 18.8. The van der Waals surface area contributed by atoms with Crippen molar-refractivity contribution in [3.63, 3.8) is 0 Å². The number of amides is 2. The van der Waals surface area contributed by atoms with E-state index >= 15 is 0 Å². The Labute approximate surface area is 188 Å². The predicted molar refractivity (Wildman–Crippen MR) is 120 cm³/mol. The molecule has 2 aromatic carbocycles. The number of carbonyl (C=O) groups is 3. The summed E-state index contributed by atoms with van der Waals surface area (Å²) in [6.45, 7) is 6.21. The van der Waals surface area contributed by atoms with Crippen LogP contribution >= 0.6 is 0 Å². The van der Waals surface area contributed by atoms with Crippen molar-refractivity contribution in [3.05, 3.63) is 70.8 Å². The molecule has 1 fully saturated rings. The van der Waals surface area contributed by atoms with Crippen LogP contribution in [-0.4, -0.2) is 35.3 Å². The summed E-state index contributed by atoms with van der Waals surface area (Å²) in [5, 5.41) is 0. The molecule has 1 saturated heterocycles. The Morgan fingerprint density at radius 2 is 1.31 bits per heavy atom. The number of hydrogen-bond donors (Lipinski definition) is 0. The Morgan fingerprint density at radius 1 is 0.875 bits per heavy atom. The fourth-order valence-electron chi connectivity index (χ4n) is 6.06. The van der Waals surface area contributed by atoms with Crippen LogP contribution in [0.5, 0.6) is 0 Å². The van der Waals surface area contributed by atoms with Gasteiger partial charge < -0.3 is 4.74 Å². The highest BCUT2D eigenvalue weighted by molar-refractivity contribution is 6.10. The summed E-state index contributed by atoms with van der Waals surface area (Å²) in [6, 6.07) is 15.5. The summed E-state index contributed by atoms with van der Waals surface area (Å²) in [4.78, 5) is 42.0. The smallest absolute Gasteiger partial charge is 0.329 e. The first-order valence-electron chi connectivity index (χ1n) is 11.7. The van der Waals surface area contributed by atoms with Crippen molar-refractivity contribution < 1.29 is 19.1 Å². The fourth-order valence-corrected chi connectivity index (χ4v) is 6.06. The van der Waals surface area contributed by atoms with Gasteiger partial charge in [-0.2, -0.15) is 0 Å². The SMILES string of the molecule is CCCOC(=O)C(CC(C)C)N1C(=O)C2C3c4ccccc4C(c4ccccc43)C2C1=O. The maximum Gasteiger partial charge on any atom is 0.329 e. The summed E-state index contributed by atoms with van der Waals surface area (Å²) >= 11 is 0. The van der Waals surface area contributed by atoms with E-state index in [4.69, 9.17) is 4.74 Å². The molecule has 6 rings (SSSR count). The molecular formula is C27H29NO4. The number of benzene rings is 2.